The summed E-state index contributed by atoms with van der Waals surface area (Å²) >= 11 is 6.24. The molecule has 0 radical (unpaired) electrons. The first-order valence-electron chi connectivity index (χ1n) is 8.61. The molecule has 2 aliphatic rings. The number of H-pyrrole nitrogens is 1. The number of fused-ring (bicyclic) bond motifs is 1. The molecule has 1 aromatic heterocycles. The Kier molecular flexibility index (Phi) is 4.65. The Balaban J connectivity index is 1.49. The molecule has 1 saturated heterocycles. The van der Waals surface area contributed by atoms with E-state index in [-0.39, 0.29) is 18.4 Å². The van der Waals surface area contributed by atoms with E-state index < -0.39 is 12.1 Å². The first kappa shape index (κ1) is 17.1. The number of nitrogens with one attached hydrogen (secondary N) is 3. The molecule has 2 aromatic rings. The van der Waals surface area contributed by atoms with E-state index in [4.69, 9.17) is 16.3 Å². The van der Waals surface area contributed by atoms with E-state index in [2.05, 4.69) is 20.8 Å². The lowest BCUT2D eigenvalue weighted by atomic mass is 9.99. The predicted octanol–water partition coefficient (Wildman–Crippen LogP) is 1.42. The first-order valence-corrected chi connectivity index (χ1v) is 8.99. The summed E-state index contributed by atoms with van der Waals surface area (Å²) in [5.74, 6) is -0.575. The van der Waals surface area contributed by atoms with Crippen molar-refractivity contribution < 1.29 is 14.3 Å². The van der Waals surface area contributed by atoms with E-state index in [1.54, 1.807) is 18.2 Å². The van der Waals surface area contributed by atoms with Gasteiger partial charge in [0, 0.05) is 10.7 Å². The fourth-order valence-electron chi connectivity index (χ4n) is 3.55. The molecule has 7 nitrogen and oxygen atoms in total. The number of amides is 2. The van der Waals surface area contributed by atoms with E-state index >= 15 is 0 Å². The third-order valence-electron chi connectivity index (χ3n) is 4.83. The molecule has 1 aliphatic carbocycles. The minimum absolute atomic E-state index is 0.156. The second kappa shape index (κ2) is 7.09. The van der Waals surface area contributed by atoms with Crippen LogP contribution in [-0.2, 0) is 33.7 Å². The van der Waals surface area contributed by atoms with Crippen molar-refractivity contribution in [1.29, 1.82) is 0 Å². The molecule has 2 heterocycles. The molecule has 8 heteroatoms. The monoisotopic (exact) mass is 374 g/mol. The SMILES string of the molecule is O=C1CO[C@H](C(=O)NCc2n[nH]c3c2CCC3)[C@@H](c2ccccc2Cl)N1. The number of hydrogen-bond acceptors (Lipinski definition) is 4. The van der Waals surface area contributed by atoms with Gasteiger partial charge in [-0.05, 0) is 36.5 Å². The maximum atomic E-state index is 12.7. The quantitative estimate of drug-likeness (QED) is 0.754. The summed E-state index contributed by atoms with van der Waals surface area (Å²) < 4.78 is 5.53. The Bertz CT molecular complexity index is 851. The number of rotatable bonds is 4. The highest BCUT2D eigenvalue weighted by Gasteiger charge is 2.37. The van der Waals surface area contributed by atoms with Gasteiger partial charge in [0.15, 0.2) is 6.10 Å². The van der Waals surface area contributed by atoms with Crippen molar-refractivity contribution in [2.45, 2.75) is 38.0 Å². The van der Waals surface area contributed by atoms with Gasteiger partial charge in [0.1, 0.15) is 6.61 Å². The summed E-state index contributed by atoms with van der Waals surface area (Å²) in [7, 11) is 0. The molecular weight excluding hydrogens is 356 g/mol. The molecule has 1 aromatic carbocycles. The fraction of sp³-hybridized carbons (Fsp3) is 0.389. The van der Waals surface area contributed by atoms with Gasteiger partial charge in [0.2, 0.25) is 5.91 Å². The van der Waals surface area contributed by atoms with Crippen LogP contribution in [-0.4, -0.2) is 34.7 Å². The van der Waals surface area contributed by atoms with E-state index in [1.807, 2.05) is 6.07 Å². The molecule has 0 bridgehead atoms. The topological polar surface area (TPSA) is 96.1 Å². The molecule has 4 rings (SSSR count). The smallest absolute Gasteiger partial charge is 0.251 e. The van der Waals surface area contributed by atoms with Gasteiger partial charge in [0.05, 0.1) is 18.3 Å². The standard InChI is InChI=1S/C18H19ClN4O3/c19-12-6-2-1-4-10(12)16-17(26-9-15(24)21-16)18(25)20-8-14-11-5-3-7-13(11)22-23-14/h1-2,4,6,16-17H,3,5,7-9H2,(H,20,25)(H,21,24)(H,22,23)/t16-,17+/m1/s1. The Hall–Kier alpha value is -2.38. The van der Waals surface area contributed by atoms with Crippen molar-refractivity contribution in [3.63, 3.8) is 0 Å². The molecule has 1 fully saturated rings. The van der Waals surface area contributed by atoms with E-state index in [0.717, 1.165) is 30.7 Å². The number of ether oxygens (including phenoxy) is 1. The van der Waals surface area contributed by atoms with Crippen molar-refractivity contribution in [3.05, 3.63) is 51.8 Å². The molecule has 2 amide bonds. The summed E-state index contributed by atoms with van der Waals surface area (Å²) in [5.41, 5.74) is 3.87. The highest BCUT2D eigenvalue weighted by molar-refractivity contribution is 6.31. The van der Waals surface area contributed by atoms with Gasteiger partial charge in [0.25, 0.3) is 5.91 Å². The number of nitrogens with zero attached hydrogens (tertiary/aromatic N) is 1. The minimum atomic E-state index is -0.848. The van der Waals surface area contributed by atoms with Crippen molar-refractivity contribution in [2.24, 2.45) is 0 Å². The second-order valence-corrected chi connectivity index (χ2v) is 6.90. The third kappa shape index (κ3) is 3.20. The van der Waals surface area contributed by atoms with Crippen LogP contribution in [0.1, 0.15) is 35.0 Å². The largest absolute Gasteiger partial charge is 0.356 e. The number of carbonyl (C=O) groups excluding carboxylic acids is 2. The number of aromatic nitrogens is 2. The zero-order valence-electron chi connectivity index (χ0n) is 14.0. The predicted molar refractivity (Wildman–Crippen MR) is 94.5 cm³/mol. The number of hydrogen-bond donors (Lipinski definition) is 3. The minimum Gasteiger partial charge on any atom is -0.356 e. The van der Waals surface area contributed by atoms with Crippen molar-refractivity contribution in [1.82, 2.24) is 20.8 Å². The highest BCUT2D eigenvalue weighted by Crippen LogP contribution is 2.29. The van der Waals surface area contributed by atoms with Gasteiger partial charge in [-0.2, -0.15) is 5.10 Å². The molecule has 0 saturated carbocycles. The summed E-state index contributed by atoms with van der Waals surface area (Å²) in [4.78, 5) is 24.5. The van der Waals surface area contributed by atoms with E-state index in [1.165, 1.54) is 5.56 Å². The Morgan fingerprint density at radius 1 is 1.35 bits per heavy atom. The molecule has 3 N–H and O–H groups in total. The number of benzene rings is 1. The maximum absolute atomic E-state index is 12.7. The fourth-order valence-corrected chi connectivity index (χ4v) is 3.81. The zero-order chi connectivity index (χ0) is 18.1. The van der Waals surface area contributed by atoms with Gasteiger partial charge in [-0.25, -0.2) is 0 Å². The Labute approximate surface area is 155 Å². The summed E-state index contributed by atoms with van der Waals surface area (Å²) in [6, 6.07) is 6.48. The third-order valence-corrected chi connectivity index (χ3v) is 5.18. The van der Waals surface area contributed by atoms with Crippen LogP contribution in [0.15, 0.2) is 24.3 Å². The van der Waals surface area contributed by atoms with Crippen LogP contribution in [0.25, 0.3) is 0 Å². The zero-order valence-corrected chi connectivity index (χ0v) is 14.8. The number of aromatic amines is 1. The second-order valence-electron chi connectivity index (χ2n) is 6.50. The first-order chi connectivity index (χ1) is 12.6. The van der Waals surface area contributed by atoms with Gasteiger partial charge in [-0.1, -0.05) is 29.8 Å². The van der Waals surface area contributed by atoms with Gasteiger partial charge in [-0.15, -0.1) is 0 Å². The van der Waals surface area contributed by atoms with Crippen LogP contribution in [0, 0.1) is 0 Å². The molecule has 0 unspecified atom stereocenters. The Morgan fingerprint density at radius 2 is 2.19 bits per heavy atom. The molecule has 0 spiro atoms. The van der Waals surface area contributed by atoms with Gasteiger partial charge >= 0.3 is 0 Å². The van der Waals surface area contributed by atoms with Crippen LogP contribution < -0.4 is 10.6 Å². The number of halogens is 1. The van der Waals surface area contributed by atoms with Gasteiger partial charge in [-0.3, -0.25) is 14.7 Å². The van der Waals surface area contributed by atoms with Crippen molar-refractivity contribution >= 4 is 23.4 Å². The van der Waals surface area contributed by atoms with Crippen LogP contribution in [0.5, 0.6) is 0 Å². The molecule has 2 atom stereocenters. The summed E-state index contributed by atoms with van der Waals surface area (Å²) in [6.45, 7) is 0.171. The van der Waals surface area contributed by atoms with Crippen LogP contribution in [0.4, 0.5) is 0 Å². The van der Waals surface area contributed by atoms with Crippen molar-refractivity contribution in [2.75, 3.05) is 6.61 Å². The Morgan fingerprint density at radius 3 is 3.04 bits per heavy atom. The van der Waals surface area contributed by atoms with Crippen molar-refractivity contribution in [3.8, 4) is 0 Å². The molecule has 136 valence electrons. The van der Waals surface area contributed by atoms with Gasteiger partial charge < -0.3 is 15.4 Å². The lowest BCUT2D eigenvalue weighted by Gasteiger charge is -2.32. The van der Waals surface area contributed by atoms with Crippen LogP contribution in [0.3, 0.4) is 0 Å². The highest BCUT2D eigenvalue weighted by atomic mass is 35.5. The van der Waals surface area contributed by atoms with Crippen LogP contribution in [0.2, 0.25) is 5.02 Å². The average Bonchev–Trinajstić information content (AvgIpc) is 3.24. The summed E-state index contributed by atoms with van der Waals surface area (Å²) in [5, 5.41) is 13.5. The average molecular weight is 375 g/mol. The normalized spacial score (nSPS) is 22.0. The maximum Gasteiger partial charge on any atom is 0.251 e. The van der Waals surface area contributed by atoms with E-state index in [9.17, 15) is 9.59 Å². The molecular formula is C18H19ClN4O3. The number of carbonyl (C=O) groups is 2. The molecule has 26 heavy (non-hydrogen) atoms. The number of aryl methyl sites for hydroxylation is 1. The summed E-state index contributed by atoms with van der Waals surface area (Å²) in [6.07, 6.45) is 2.24. The lowest BCUT2D eigenvalue weighted by molar-refractivity contribution is -0.148. The van der Waals surface area contributed by atoms with E-state index in [0.29, 0.717) is 17.1 Å². The molecule has 1 aliphatic heterocycles. The van der Waals surface area contributed by atoms with Crippen LogP contribution >= 0.6 is 11.6 Å². The lowest BCUT2D eigenvalue weighted by Crippen LogP contribution is -2.52. The number of morpholine rings is 1.